The van der Waals surface area contributed by atoms with Crippen LogP contribution >= 0.6 is 0 Å². The van der Waals surface area contributed by atoms with E-state index in [4.69, 9.17) is 14.2 Å². The first-order valence-electron chi connectivity index (χ1n) is 10.3. The third kappa shape index (κ3) is 5.82. The molecule has 0 aliphatic carbocycles. The minimum atomic E-state index is -4.02. The number of hydrogen-bond acceptors (Lipinski definition) is 7. The fourth-order valence-corrected chi connectivity index (χ4v) is 4.33. The minimum absolute atomic E-state index is 0.0206. The van der Waals surface area contributed by atoms with Crippen LogP contribution in [0.5, 0.6) is 17.2 Å². The Bertz CT molecular complexity index is 1330. The Balaban J connectivity index is 1.74. The molecule has 0 heterocycles. The molecule has 3 aromatic carbocycles. The van der Waals surface area contributed by atoms with Crippen LogP contribution in [-0.4, -0.2) is 41.6 Å². The number of hydrogen-bond donors (Lipinski definition) is 3. The second-order valence-corrected chi connectivity index (χ2v) is 8.93. The number of methoxy groups -OCH3 is 3. The van der Waals surface area contributed by atoms with E-state index in [0.717, 1.165) is 5.56 Å². The molecule has 184 valence electrons. The second-order valence-electron chi connectivity index (χ2n) is 7.25. The maximum Gasteiger partial charge on any atom is 0.269 e. The summed E-state index contributed by atoms with van der Waals surface area (Å²) in [6, 6.07) is 14.9. The number of benzene rings is 3. The van der Waals surface area contributed by atoms with Gasteiger partial charge in [0.1, 0.15) is 17.2 Å². The van der Waals surface area contributed by atoms with Crippen molar-refractivity contribution in [2.75, 3.05) is 26.1 Å². The molecular formula is C24H25N3O7S. The fraction of sp³-hybridized carbons (Fsp3) is 0.167. The van der Waals surface area contributed by atoms with Gasteiger partial charge in [0.2, 0.25) is 0 Å². The lowest BCUT2D eigenvalue weighted by atomic mass is 10.1. The SMILES string of the molecule is COc1ccccc1NS(=O)(=O)c1cccc(C(=O)NNC(=O)c2cc(OC)c(C)c(OC)c2)c1. The zero-order valence-corrected chi connectivity index (χ0v) is 20.4. The molecule has 0 saturated heterocycles. The summed E-state index contributed by atoms with van der Waals surface area (Å²) in [4.78, 5) is 25.0. The second kappa shape index (κ2) is 10.8. The van der Waals surface area contributed by atoms with Crippen LogP contribution in [0.4, 0.5) is 5.69 Å². The summed E-state index contributed by atoms with van der Waals surface area (Å²) in [5.41, 5.74) is 5.77. The molecule has 0 aliphatic heterocycles. The number of nitrogens with one attached hydrogen (secondary N) is 3. The normalized spacial score (nSPS) is 10.7. The number of carbonyl (C=O) groups excluding carboxylic acids is 2. The van der Waals surface area contributed by atoms with Crippen LogP contribution in [0.3, 0.4) is 0 Å². The number of amides is 2. The predicted molar refractivity (Wildman–Crippen MR) is 129 cm³/mol. The molecule has 3 rings (SSSR count). The van der Waals surface area contributed by atoms with Gasteiger partial charge in [0.05, 0.1) is 31.9 Å². The number of ether oxygens (including phenoxy) is 3. The van der Waals surface area contributed by atoms with Crippen molar-refractivity contribution in [1.82, 2.24) is 10.9 Å². The zero-order valence-electron chi connectivity index (χ0n) is 19.5. The fourth-order valence-electron chi connectivity index (χ4n) is 3.21. The molecule has 0 aromatic heterocycles. The van der Waals surface area contributed by atoms with Crippen molar-refractivity contribution in [2.45, 2.75) is 11.8 Å². The quantitative estimate of drug-likeness (QED) is 0.406. The van der Waals surface area contributed by atoms with Crippen LogP contribution in [0.15, 0.2) is 65.6 Å². The summed E-state index contributed by atoms with van der Waals surface area (Å²) in [5, 5.41) is 0. The highest BCUT2D eigenvalue weighted by molar-refractivity contribution is 7.92. The van der Waals surface area contributed by atoms with Crippen molar-refractivity contribution in [1.29, 1.82) is 0 Å². The lowest BCUT2D eigenvalue weighted by Gasteiger charge is -2.14. The Morgan fingerprint density at radius 3 is 1.89 bits per heavy atom. The molecular weight excluding hydrogens is 474 g/mol. The van der Waals surface area contributed by atoms with Gasteiger partial charge >= 0.3 is 0 Å². The average Bonchev–Trinajstić information content (AvgIpc) is 2.87. The molecule has 0 spiro atoms. The van der Waals surface area contributed by atoms with Gasteiger partial charge in [-0.3, -0.25) is 25.2 Å². The van der Waals surface area contributed by atoms with Crippen LogP contribution < -0.4 is 29.8 Å². The maximum absolute atomic E-state index is 12.9. The molecule has 2 amide bonds. The number of carbonyl (C=O) groups is 2. The van der Waals surface area contributed by atoms with E-state index < -0.39 is 21.8 Å². The molecule has 10 nitrogen and oxygen atoms in total. The van der Waals surface area contributed by atoms with Gasteiger partial charge in [0.25, 0.3) is 21.8 Å². The van der Waals surface area contributed by atoms with Gasteiger partial charge in [-0.05, 0) is 49.4 Å². The van der Waals surface area contributed by atoms with E-state index in [-0.39, 0.29) is 21.7 Å². The van der Waals surface area contributed by atoms with Crippen LogP contribution in [0.25, 0.3) is 0 Å². The topological polar surface area (TPSA) is 132 Å². The van der Waals surface area contributed by atoms with E-state index in [1.165, 1.54) is 57.7 Å². The van der Waals surface area contributed by atoms with Gasteiger partial charge < -0.3 is 14.2 Å². The molecule has 3 N–H and O–H groups in total. The van der Waals surface area contributed by atoms with Crippen molar-refractivity contribution in [3.05, 3.63) is 77.4 Å². The Morgan fingerprint density at radius 1 is 0.714 bits per heavy atom. The first kappa shape index (κ1) is 25.4. The summed E-state index contributed by atoms with van der Waals surface area (Å²) in [6.45, 7) is 1.78. The average molecular weight is 500 g/mol. The van der Waals surface area contributed by atoms with Gasteiger partial charge in [0.15, 0.2) is 0 Å². The largest absolute Gasteiger partial charge is 0.496 e. The first-order chi connectivity index (χ1) is 16.7. The summed E-state index contributed by atoms with van der Waals surface area (Å²) in [5.74, 6) is -0.0880. The predicted octanol–water partition coefficient (Wildman–Crippen LogP) is 2.90. The number of anilines is 1. The molecule has 3 aromatic rings. The summed E-state index contributed by atoms with van der Waals surface area (Å²) in [7, 11) is 0.339. The molecule has 0 saturated carbocycles. The Morgan fingerprint density at radius 2 is 1.29 bits per heavy atom. The molecule has 0 unspecified atom stereocenters. The van der Waals surface area contributed by atoms with E-state index in [1.54, 1.807) is 31.2 Å². The number of rotatable bonds is 8. The van der Waals surface area contributed by atoms with Crippen molar-refractivity contribution in [3.8, 4) is 17.2 Å². The molecule has 0 atom stereocenters. The standard InChI is InChI=1S/C24H25N3O7S/c1-15-21(33-3)13-17(14-22(15)34-4)24(29)26-25-23(28)16-8-7-9-18(12-16)35(30,31)27-19-10-5-6-11-20(19)32-2/h5-14,27H,1-4H3,(H,25,28)(H,26,29). The highest BCUT2D eigenvalue weighted by Crippen LogP contribution is 2.29. The highest BCUT2D eigenvalue weighted by Gasteiger charge is 2.19. The van der Waals surface area contributed by atoms with E-state index in [1.807, 2.05) is 0 Å². The number of hydrazine groups is 1. The molecule has 35 heavy (non-hydrogen) atoms. The van der Waals surface area contributed by atoms with Crippen LogP contribution in [0.1, 0.15) is 26.3 Å². The van der Waals surface area contributed by atoms with Gasteiger partial charge in [-0.2, -0.15) is 0 Å². The van der Waals surface area contributed by atoms with E-state index in [0.29, 0.717) is 17.2 Å². The summed E-state index contributed by atoms with van der Waals surface area (Å²) in [6.07, 6.45) is 0. The lowest BCUT2D eigenvalue weighted by Crippen LogP contribution is -2.41. The molecule has 0 radical (unpaired) electrons. The minimum Gasteiger partial charge on any atom is -0.496 e. The van der Waals surface area contributed by atoms with Gasteiger partial charge in [-0.1, -0.05) is 18.2 Å². The molecule has 0 fully saturated rings. The summed E-state index contributed by atoms with van der Waals surface area (Å²) >= 11 is 0. The Kier molecular flexibility index (Phi) is 7.82. The van der Waals surface area contributed by atoms with Crippen molar-refractivity contribution >= 4 is 27.5 Å². The van der Waals surface area contributed by atoms with Crippen molar-refractivity contribution in [3.63, 3.8) is 0 Å². The zero-order chi connectivity index (χ0) is 25.6. The number of para-hydroxylation sites is 2. The van der Waals surface area contributed by atoms with Crippen molar-refractivity contribution in [2.24, 2.45) is 0 Å². The van der Waals surface area contributed by atoms with Gasteiger partial charge in [-0.25, -0.2) is 8.42 Å². The summed E-state index contributed by atoms with van der Waals surface area (Å²) < 4.78 is 43.8. The lowest BCUT2D eigenvalue weighted by molar-refractivity contribution is 0.0846. The van der Waals surface area contributed by atoms with Crippen molar-refractivity contribution < 1.29 is 32.2 Å². The maximum atomic E-state index is 12.9. The monoisotopic (exact) mass is 499 g/mol. The first-order valence-corrected chi connectivity index (χ1v) is 11.8. The highest BCUT2D eigenvalue weighted by atomic mass is 32.2. The van der Waals surface area contributed by atoms with Gasteiger partial charge in [0, 0.05) is 16.7 Å². The Labute approximate surface area is 203 Å². The number of sulfonamides is 1. The van der Waals surface area contributed by atoms with Gasteiger partial charge in [-0.15, -0.1) is 0 Å². The third-order valence-electron chi connectivity index (χ3n) is 5.06. The van der Waals surface area contributed by atoms with E-state index in [2.05, 4.69) is 15.6 Å². The smallest absolute Gasteiger partial charge is 0.269 e. The molecule has 0 aliphatic rings. The molecule has 11 heteroatoms. The molecule has 0 bridgehead atoms. The van der Waals surface area contributed by atoms with Crippen LogP contribution in [0, 0.1) is 6.92 Å². The van der Waals surface area contributed by atoms with Crippen LogP contribution in [-0.2, 0) is 10.0 Å². The van der Waals surface area contributed by atoms with Crippen LogP contribution in [0.2, 0.25) is 0 Å². The van der Waals surface area contributed by atoms with E-state index in [9.17, 15) is 18.0 Å². The third-order valence-corrected chi connectivity index (χ3v) is 6.42. The van der Waals surface area contributed by atoms with E-state index >= 15 is 0 Å². The Hall–Kier alpha value is -4.25.